The van der Waals surface area contributed by atoms with Crippen molar-refractivity contribution >= 4 is 12.0 Å². The molecule has 26 heavy (non-hydrogen) atoms. The lowest BCUT2D eigenvalue weighted by molar-refractivity contribution is 0.0363. The number of esters is 1. The first-order valence-electron chi connectivity index (χ1n) is 9.28. The van der Waals surface area contributed by atoms with Crippen molar-refractivity contribution in [1.82, 2.24) is 9.97 Å². The standard InChI is InChI=1S/C22H30N2O2/c1-15(2)26-21(25)20-23-13-18(14-24-20)12-16(3)9-10-19-17(4)8-7-11-22(19,5)6/h9-10,12-15H,7-8,11H2,1-6H3/b10-9?,16-12+. The molecule has 4 heteroatoms. The summed E-state index contributed by atoms with van der Waals surface area (Å²) in [5, 5.41) is 0. The highest BCUT2D eigenvalue weighted by molar-refractivity contribution is 5.85. The van der Waals surface area contributed by atoms with Crippen LogP contribution in [0.4, 0.5) is 0 Å². The van der Waals surface area contributed by atoms with Gasteiger partial charge in [-0.2, -0.15) is 0 Å². The Labute approximate surface area is 157 Å². The first-order valence-corrected chi connectivity index (χ1v) is 9.28. The van der Waals surface area contributed by atoms with Crippen molar-refractivity contribution in [1.29, 1.82) is 0 Å². The largest absolute Gasteiger partial charge is 0.457 e. The smallest absolute Gasteiger partial charge is 0.376 e. The molecule has 4 nitrogen and oxygen atoms in total. The summed E-state index contributed by atoms with van der Waals surface area (Å²) in [7, 11) is 0. The number of hydrogen-bond acceptors (Lipinski definition) is 4. The van der Waals surface area contributed by atoms with Crippen molar-refractivity contribution in [3.8, 4) is 0 Å². The molecule has 0 bridgehead atoms. The number of carbonyl (C=O) groups excluding carboxylic acids is 1. The summed E-state index contributed by atoms with van der Waals surface area (Å²) in [5.74, 6) is -0.400. The molecule has 2 rings (SSSR count). The third kappa shape index (κ3) is 5.38. The van der Waals surface area contributed by atoms with Gasteiger partial charge < -0.3 is 4.74 Å². The molecule has 1 aromatic rings. The molecule has 0 N–H and O–H groups in total. The summed E-state index contributed by atoms with van der Waals surface area (Å²) in [4.78, 5) is 20.0. The van der Waals surface area contributed by atoms with Crippen LogP contribution in [0.2, 0.25) is 0 Å². The Morgan fingerprint density at radius 1 is 1.27 bits per heavy atom. The Kier molecular flexibility index (Phi) is 6.52. The summed E-state index contributed by atoms with van der Waals surface area (Å²) in [6.45, 7) is 12.5. The Morgan fingerprint density at radius 2 is 1.92 bits per heavy atom. The molecule has 1 heterocycles. The van der Waals surface area contributed by atoms with Crippen LogP contribution in [0.15, 0.2) is 41.3 Å². The van der Waals surface area contributed by atoms with Gasteiger partial charge in [0.15, 0.2) is 0 Å². The van der Waals surface area contributed by atoms with Crippen molar-refractivity contribution in [2.24, 2.45) is 5.41 Å². The molecule has 0 amide bonds. The van der Waals surface area contributed by atoms with Gasteiger partial charge in [-0.15, -0.1) is 0 Å². The highest BCUT2D eigenvalue weighted by atomic mass is 16.5. The molecule has 0 saturated carbocycles. The quantitative estimate of drug-likeness (QED) is 0.515. The van der Waals surface area contributed by atoms with Crippen LogP contribution in [-0.2, 0) is 4.74 Å². The number of carbonyl (C=O) groups is 1. The van der Waals surface area contributed by atoms with Crippen LogP contribution in [0.1, 0.15) is 77.0 Å². The molecule has 0 spiro atoms. The van der Waals surface area contributed by atoms with Crippen molar-refractivity contribution < 1.29 is 9.53 Å². The fraction of sp³-hybridized carbons (Fsp3) is 0.500. The van der Waals surface area contributed by atoms with E-state index in [9.17, 15) is 4.79 Å². The molecule has 0 aliphatic heterocycles. The molecule has 0 unspecified atom stereocenters. The summed E-state index contributed by atoms with van der Waals surface area (Å²) in [6.07, 6.45) is 13.2. The maximum atomic E-state index is 11.8. The third-order valence-electron chi connectivity index (χ3n) is 4.65. The Balaban J connectivity index is 2.11. The minimum atomic E-state index is -0.492. The van der Waals surface area contributed by atoms with Gasteiger partial charge in [-0.05, 0) is 64.0 Å². The normalized spacial score (nSPS) is 17.9. The van der Waals surface area contributed by atoms with Crippen molar-refractivity contribution in [2.75, 3.05) is 0 Å². The van der Waals surface area contributed by atoms with Crippen LogP contribution in [0.25, 0.3) is 6.08 Å². The van der Waals surface area contributed by atoms with Crippen LogP contribution in [0.3, 0.4) is 0 Å². The van der Waals surface area contributed by atoms with Crippen LogP contribution in [0.5, 0.6) is 0 Å². The minimum Gasteiger partial charge on any atom is -0.457 e. The Hall–Kier alpha value is -2.23. The topological polar surface area (TPSA) is 52.1 Å². The van der Waals surface area contributed by atoms with E-state index in [4.69, 9.17) is 4.74 Å². The number of aromatic nitrogens is 2. The van der Waals surface area contributed by atoms with Gasteiger partial charge in [-0.1, -0.05) is 37.1 Å². The van der Waals surface area contributed by atoms with Crippen LogP contribution >= 0.6 is 0 Å². The molecule has 0 fully saturated rings. The Morgan fingerprint density at radius 3 is 2.50 bits per heavy atom. The van der Waals surface area contributed by atoms with E-state index in [0.717, 1.165) is 11.1 Å². The second-order valence-electron chi connectivity index (χ2n) is 7.95. The lowest BCUT2D eigenvalue weighted by Gasteiger charge is -2.32. The molecular weight excluding hydrogens is 324 g/mol. The molecule has 0 radical (unpaired) electrons. The molecule has 0 aromatic carbocycles. The van der Waals surface area contributed by atoms with Crippen molar-refractivity contribution in [3.63, 3.8) is 0 Å². The predicted octanol–water partition coefficient (Wildman–Crippen LogP) is 5.53. The molecule has 0 atom stereocenters. The molecular formula is C22H30N2O2. The second-order valence-corrected chi connectivity index (χ2v) is 7.95. The lowest BCUT2D eigenvalue weighted by Crippen LogP contribution is -2.19. The average molecular weight is 354 g/mol. The van der Waals surface area contributed by atoms with Gasteiger partial charge in [0.05, 0.1) is 6.10 Å². The highest BCUT2D eigenvalue weighted by Crippen LogP contribution is 2.40. The van der Waals surface area contributed by atoms with E-state index in [-0.39, 0.29) is 17.3 Å². The number of allylic oxidation sites excluding steroid dienone is 5. The monoisotopic (exact) mass is 354 g/mol. The zero-order valence-electron chi connectivity index (χ0n) is 16.8. The third-order valence-corrected chi connectivity index (χ3v) is 4.65. The SMILES string of the molecule is CC1=C(C=C/C(C)=C/c2cnc(C(=O)OC(C)C)nc2)C(C)(C)CCC1. The number of nitrogens with zero attached hydrogens (tertiary/aromatic N) is 2. The van der Waals surface area contributed by atoms with Gasteiger partial charge in [0.1, 0.15) is 0 Å². The van der Waals surface area contributed by atoms with E-state index < -0.39 is 5.97 Å². The number of rotatable bonds is 5. The Bertz CT molecular complexity index is 738. The van der Waals surface area contributed by atoms with E-state index in [1.807, 2.05) is 6.08 Å². The first kappa shape index (κ1) is 20.1. The first-order chi connectivity index (χ1) is 12.2. The average Bonchev–Trinajstić information content (AvgIpc) is 2.53. The maximum absolute atomic E-state index is 11.8. The van der Waals surface area contributed by atoms with E-state index in [1.54, 1.807) is 26.2 Å². The predicted molar refractivity (Wildman–Crippen MR) is 106 cm³/mol. The molecule has 1 aromatic heterocycles. The fourth-order valence-electron chi connectivity index (χ4n) is 3.32. The van der Waals surface area contributed by atoms with Crippen molar-refractivity contribution in [3.05, 3.63) is 52.7 Å². The van der Waals surface area contributed by atoms with Gasteiger partial charge in [0.2, 0.25) is 5.82 Å². The lowest BCUT2D eigenvalue weighted by atomic mass is 9.72. The second kappa shape index (κ2) is 8.43. The van der Waals surface area contributed by atoms with E-state index >= 15 is 0 Å². The van der Waals surface area contributed by atoms with E-state index in [0.29, 0.717) is 0 Å². The zero-order valence-corrected chi connectivity index (χ0v) is 16.8. The van der Waals surface area contributed by atoms with Gasteiger partial charge in [-0.25, -0.2) is 14.8 Å². The van der Waals surface area contributed by atoms with Gasteiger partial charge >= 0.3 is 5.97 Å². The highest BCUT2D eigenvalue weighted by Gasteiger charge is 2.26. The molecule has 1 aliphatic rings. The molecule has 1 aliphatic carbocycles. The number of ether oxygens (including phenoxy) is 1. The van der Waals surface area contributed by atoms with Crippen molar-refractivity contribution in [2.45, 2.75) is 66.9 Å². The summed E-state index contributed by atoms with van der Waals surface area (Å²) in [5.41, 5.74) is 5.15. The van der Waals surface area contributed by atoms with Gasteiger partial charge in [0.25, 0.3) is 0 Å². The van der Waals surface area contributed by atoms with E-state index in [2.05, 4.69) is 49.8 Å². The number of hydrogen-bond donors (Lipinski definition) is 0. The van der Waals surface area contributed by atoms with Crippen LogP contribution in [-0.4, -0.2) is 22.0 Å². The van der Waals surface area contributed by atoms with Gasteiger partial charge in [-0.3, -0.25) is 0 Å². The minimum absolute atomic E-state index is 0.0915. The molecule has 140 valence electrons. The van der Waals surface area contributed by atoms with Gasteiger partial charge in [0, 0.05) is 18.0 Å². The summed E-state index contributed by atoms with van der Waals surface area (Å²) >= 11 is 0. The van der Waals surface area contributed by atoms with E-state index in [1.165, 1.54) is 30.4 Å². The van der Waals surface area contributed by atoms with Crippen LogP contribution in [0, 0.1) is 5.41 Å². The summed E-state index contributed by atoms with van der Waals surface area (Å²) < 4.78 is 5.10. The fourth-order valence-corrected chi connectivity index (χ4v) is 3.32. The summed E-state index contributed by atoms with van der Waals surface area (Å²) in [6, 6.07) is 0. The maximum Gasteiger partial charge on any atom is 0.376 e. The zero-order chi connectivity index (χ0) is 19.3. The molecule has 0 saturated heterocycles. The van der Waals surface area contributed by atoms with Crippen LogP contribution < -0.4 is 0 Å².